The SMILES string of the molecule is CN(C(=O)OCC1c2ccccc2-c2ccccc21)C(COCC(=O)NC(C)(C)C)C(=O)O. The molecule has 1 atom stereocenters. The average molecular weight is 455 g/mol. The minimum atomic E-state index is -1.29. The van der Waals surface area contributed by atoms with Crippen molar-refractivity contribution in [1.29, 1.82) is 0 Å². The summed E-state index contributed by atoms with van der Waals surface area (Å²) in [6.45, 7) is 4.92. The average Bonchev–Trinajstić information content (AvgIpc) is 3.07. The number of fused-ring (bicyclic) bond motifs is 3. The molecule has 0 bridgehead atoms. The first-order valence-electron chi connectivity index (χ1n) is 10.8. The second-order valence-corrected chi connectivity index (χ2v) is 9.08. The first-order valence-corrected chi connectivity index (χ1v) is 10.8. The van der Waals surface area contributed by atoms with Gasteiger partial charge < -0.3 is 19.9 Å². The fraction of sp³-hybridized carbons (Fsp3) is 0.400. The van der Waals surface area contributed by atoms with Crippen LogP contribution in [0.2, 0.25) is 0 Å². The van der Waals surface area contributed by atoms with Gasteiger partial charge in [-0.05, 0) is 43.0 Å². The number of carbonyl (C=O) groups excluding carboxylic acids is 2. The third kappa shape index (κ3) is 5.90. The van der Waals surface area contributed by atoms with Gasteiger partial charge in [0.2, 0.25) is 5.91 Å². The Morgan fingerprint density at radius 3 is 2.09 bits per heavy atom. The highest BCUT2D eigenvalue weighted by atomic mass is 16.6. The lowest BCUT2D eigenvalue weighted by Crippen LogP contribution is -2.47. The number of hydrogen-bond donors (Lipinski definition) is 2. The summed E-state index contributed by atoms with van der Waals surface area (Å²) in [5.74, 6) is -1.74. The summed E-state index contributed by atoms with van der Waals surface area (Å²) >= 11 is 0. The number of benzene rings is 2. The maximum Gasteiger partial charge on any atom is 0.410 e. The number of rotatable bonds is 8. The number of nitrogens with zero attached hydrogens (tertiary/aromatic N) is 1. The molecule has 0 radical (unpaired) electrons. The van der Waals surface area contributed by atoms with Crippen LogP contribution in [0.5, 0.6) is 0 Å². The van der Waals surface area contributed by atoms with Crippen LogP contribution in [0.3, 0.4) is 0 Å². The monoisotopic (exact) mass is 454 g/mol. The summed E-state index contributed by atoms with van der Waals surface area (Å²) in [4.78, 5) is 37.2. The van der Waals surface area contributed by atoms with Crippen LogP contribution < -0.4 is 5.32 Å². The van der Waals surface area contributed by atoms with Crippen LogP contribution in [-0.4, -0.2) is 66.4 Å². The lowest BCUT2D eigenvalue weighted by atomic mass is 9.98. The predicted molar refractivity (Wildman–Crippen MR) is 123 cm³/mol. The molecule has 0 aromatic heterocycles. The molecule has 33 heavy (non-hydrogen) atoms. The number of likely N-dealkylation sites (N-methyl/N-ethyl adjacent to an activating group) is 1. The second kappa shape index (κ2) is 10.0. The van der Waals surface area contributed by atoms with E-state index in [9.17, 15) is 19.5 Å². The molecule has 2 aromatic carbocycles. The maximum atomic E-state index is 12.7. The number of hydrogen-bond acceptors (Lipinski definition) is 5. The van der Waals surface area contributed by atoms with E-state index >= 15 is 0 Å². The minimum absolute atomic E-state index is 0.0817. The molecule has 0 fully saturated rings. The van der Waals surface area contributed by atoms with Crippen LogP contribution in [0.4, 0.5) is 4.79 Å². The number of ether oxygens (including phenoxy) is 2. The van der Waals surface area contributed by atoms with Gasteiger partial charge in [-0.25, -0.2) is 9.59 Å². The van der Waals surface area contributed by atoms with Gasteiger partial charge in [-0.2, -0.15) is 0 Å². The standard InChI is InChI=1S/C25H30N2O6/c1-25(2,3)26-22(28)15-32-14-21(23(29)30)27(4)24(31)33-13-20-18-11-7-5-9-16(18)17-10-6-8-12-19(17)20/h5-12,20-21H,13-15H2,1-4H3,(H,26,28)(H,29,30). The van der Waals surface area contributed by atoms with Crippen LogP contribution in [0.25, 0.3) is 11.1 Å². The Balaban J connectivity index is 1.60. The molecule has 1 aliphatic carbocycles. The van der Waals surface area contributed by atoms with Gasteiger partial charge in [0.05, 0.1) is 6.61 Å². The van der Waals surface area contributed by atoms with Crippen molar-refractivity contribution in [2.24, 2.45) is 0 Å². The number of aliphatic carboxylic acids is 1. The Morgan fingerprint density at radius 1 is 1.03 bits per heavy atom. The van der Waals surface area contributed by atoms with E-state index in [1.165, 1.54) is 7.05 Å². The molecule has 1 unspecified atom stereocenters. The Labute approximate surface area is 193 Å². The highest BCUT2D eigenvalue weighted by Crippen LogP contribution is 2.44. The first-order chi connectivity index (χ1) is 15.6. The van der Waals surface area contributed by atoms with Gasteiger partial charge in [0, 0.05) is 18.5 Å². The molecule has 8 nitrogen and oxygen atoms in total. The smallest absolute Gasteiger partial charge is 0.410 e. The van der Waals surface area contributed by atoms with Crippen molar-refractivity contribution < 1.29 is 29.0 Å². The zero-order valence-corrected chi connectivity index (χ0v) is 19.3. The van der Waals surface area contributed by atoms with E-state index in [4.69, 9.17) is 9.47 Å². The van der Waals surface area contributed by atoms with Crippen molar-refractivity contribution in [2.45, 2.75) is 38.3 Å². The summed E-state index contributed by atoms with van der Waals surface area (Å²) < 4.78 is 10.8. The number of carboxylic acids is 1. The molecule has 0 aliphatic heterocycles. The van der Waals surface area contributed by atoms with Gasteiger partial charge in [-0.15, -0.1) is 0 Å². The molecule has 8 heteroatoms. The summed E-state index contributed by atoms with van der Waals surface area (Å²) in [6, 6.07) is 14.6. The molecule has 3 rings (SSSR count). The van der Waals surface area contributed by atoms with Crippen LogP contribution in [0, 0.1) is 0 Å². The van der Waals surface area contributed by atoms with Crippen LogP contribution in [0.15, 0.2) is 48.5 Å². The fourth-order valence-corrected chi connectivity index (χ4v) is 3.89. The summed E-state index contributed by atoms with van der Waals surface area (Å²) in [5, 5.41) is 12.3. The minimum Gasteiger partial charge on any atom is -0.480 e. The van der Waals surface area contributed by atoms with E-state index in [0.29, 0.717) is 0 Å². The molecule has 176 valence electrons. The number of carbonyl (C=O) groups is 3. The van der Waals surface area contributed by atoms with E-state index in [0.717, 1.165) is 27.2 Å². The molecule has 0 saturated heterocycles. The predicted octanol–water partition coefficient (Wildman–Crippen LogP) is 3.25. The molecule has 2 amide bonds. The zero-order chi connectivity index (χ0) is 24.2. The van der Waals surface area contributed by atoms with Crippen molar-refractivity contribution in [1.82, 2.24) is 10.2 Å². The topological polar surface area (TPSA) is 105 Å². The molecule has 2 aromatic rings. The molecule has 0 saturated carbocycles. The highest BCUT2D eigenvalue weighted by Gasteiger charge is 2.32. The molecule has 0 spiro atoms. The molecular weight excluding hydrogens is 424 g/mol. The Bertz CT molecular complexity index is 984. The summed E-state index contributed by atoms with van der Waals surface area (Å²) in [6.07, 6.45) is -0.771. The number of amides is 2. The van der Waals surface area contributed by atoms with Gasteiger partial charge in [-0.1, -0.05) is 48.5 Å². The van der Waals surface area contributed by atoms with Crippen LogP contribution in [0.1, 0.15) is 37.8 Å². The number of carboxylic acid groups (broad SMARTS) is 1. The molecule has 1 aliphatic rings. The van der Waals surface area contributed by atoms with Crippen molar-refractivity contribution >= 4 is 18.0 Å². The maximum absolute atomic E-state index is 12.7. The van der Waals surface area contributed by atoms with E-state index in [1.54, 1.807) is 0 Å². The van der Waals surface area contributed by atoms with E-state index < -0.39 is 23.6 Å². The van der Waals surface area contributed by atoms with E-state index in [2.05, 4.69) is 5.32 Å². The quantitative estimate of drug-likeness (QED) is 0.634. The third-order valence-electron chi connectivity index (χ3n) is 5.40. The van der Waals surface area contributed by atoms with E-state index in [-0.39, 0.29) is 31.6 Å². The second-order valence-electron chi connectivity index (χ2n) is 9.08. The summed E-state index contributed by atoms with van der Waals surface area (Å²) in [5.41, 5.74) is 3.92. The third-order valence-corrected chi connectivity index (χ3v) is 5.40. The zero-order valence-electron chi connectivity index (χ0n) is 19.3. The molecular formula is C25H30N2O6. The lowest BCUT2D eigenvalue weighted by Gasteiger charge is -2.25. The number of nitrogens with one attached hydrogen (secondary N) is 1. The van der Waals surface area contributed by atoms with Gasteiger partial charge >= 0.3 is 12.1 Å². The Morgan fingerprint density at radius 2 is 1.58 bits per heavy atom. The van der Waals surface area contributed by atoms with Crippen LogP contribution in [-0.2, 0) is 19.1 Å². The fourth-order valence-electron chi connectivity index (χ4n) is 3.89. The normalized spacial score (nSPS) is 13.6. The largest absolute Gasteiger partial charge is 0.480 e. The van der Waals surface area contributed by atoms with Crippen LogP contribution >= 0.6 is 0 Å². The van der Waals surface area contributed by atoms with Crippen molar-refractivity contribution in [2.75, 3.05) is 26.9 Å². The molecule has 2 N–H and O–H groups in total. The van der Waals surface area contributed by atoms with Gasteiger partial charge in [-0.3, -0.25) is 9.69 Å². The summed E-state index contributed by atoms with van der Waals surface area (Å²) in [7, 11) is 1.34. The van der Waals surface area contributed by atoms with Gasteiger partial charge in [0.15, 0.2) is 6.04 Å². The molecule has 0 heterocycles. The van der Waals surface area contributed by atoms with Crippen molar-refractivity contribution in [3.63, 3.8) is 0 Å². The first kappa shape index (κ1) is 24.3. The van der Waals surface area contributed by atoms with Gasteiger partial charge in [0.1, 0.15) is 13.2 Å². The lowest BCUT2D eigenvalue weighted by molar-refractivity contribution is -0.145. The highest BCUT2D eigenvalue weighted by molar-refractivity contribution is 5.81. The van der Waals surface area contributed by atoms with Gasteiger partial charge in [0.25, 0.3) is 0 Å². The van der Waals surface area contributed by atoms with E-state index in [1.807, 2.05) is 69.3 Å². The Hall–Kier alpha value is -3.39. The van der Waals surface area contributed by atoms with Crippen molar-refractivity contribution in [3.8, 4) is 11.1 Å². The van der Waals surface area contributed by atoms with Crippen molar-refractivity contribution in [3.05, 3.63) is 59.7 Å². The Kier molecular flexibility index (Phi) is 7.38.